The average molecular weight is 227 g/mol. The molecule has 64 valence electrons. The summed E-state index contributed by atoms with van der Waals surface area (Å²) in [6.45, 7) is 4.48. The van der Waals surface area contributed by atoms with Gasteiger partial charge in [0.15, 0.2) is 0 Å². The number of halogens is 1. The normalized spacial score (nSPS) is 9.50. The van der Waals surface area contributed by atoms with Crippen LogP contribution in [-0.2, 0) is 0 Å². The van der Waals surface area contributed by atoms with Crippen molar-refractivity contribution in [3.8, 4) is 0 Å². The van der Waals surface area contributed by atoms with Crippen LogP contribution >= 0.6 is 15.9 Å². The van der Waals surface area contributed by atoms with Crippen molar-refractivity contribution < 1.29 is 0 Å². The van der Waals surface area contributed by atoms with Crippen LogP contribution in [0.2, 0.25) is 0 Å². The molecular weight excluding hydrogens is 216 g/mol. The van der Waals surface area contributed by atoms with Gasteiger partial charge in [-0.2, -0.15) is 0 Å². The highest BCUT2D eigenvalue weighted by molar-refractivity contribution is 9.10. The highest BCUT2D eigenvalue weighted by Crippen LogP contribution is 2.12. The van der Waals surface area contributed by atoms with E-state index in [1.54, 1.807) is 6.20 Å². The van der Waals surface area contributed by atoms with Gasteiger partial charge in [-0.1, -0.05) is 6.08 Å². The molecule has 0 N–H and O–H groups in total. The van der Waals surface area contributed by atoms with Crippen LogP contribution in [0.3, 0.4) is 0 Å². The molecule has 1 aromatic rings. The first-order chi connectivity index (χ1) is 5.74. The third-order valence-electron chi connectivity index (χ3n) is 1.51. The van der Waals surface area contributed by atoms with Crippen LogP contribution in [0.4, 0.5) is 5.82 Å². The molecule has 0 atom stereocenters. The van der Waals surface area contributed by atoms with Gasteiger partial charge < -0.3 is 4.90 Å². The highest BCUT2D eigenvalue weighted by Gasteiger charge is 1.97. The van der Waals surface area contributed by atoms with E-state index in [1.807, 2.05) is 30.2 Å². The molecule has 0 aliphatic carbocycles. The van der Waals surface area contributed by atoms with Crippen LogP contribution in [0, 0.1) is 0 Å². The Morgan fingerprint density at radius 3 is 2.92 bits per heavy atom. The second-order valence-corrected chi connectivity index (χ2v) is 3.42. The zero-order chi connectivity index (χ0) is 8.97. The highest BCUT2D eigenvalue weighted by atomic mass is 79.9. The Morgan fingerprint density at radius 2 is 2.42 bits per heavy atom. The van der Waals surface area contributed by atoms with E-state index in [9.17, 15) is 0 Å². The third-order valence-corrected chi connectivity index (χ3v) is 1.97. The van der Waals surface area contributed by atoms with Gasteiger partial charge in [-0.05, 0) is 28.1 Å². The number of pyridine rings is 1. The summed E-state index contributed by atoms with van der Waals surface area (Å²) in [6, 6.07) is 3.94. The van der Waals surface area contributed by atoms with Crippen molar-refractivity contribution in [1.82, 2.24) is 4.98 Å². The second-order valence-electron chi connectivity index (χ2n) is 2.50. The summed E-state index contributed by atoms with van der Waals surface area (Å²) in [4.78, 5) is 6.26. The molecule has 0 aliphatic heterocycles. The van der Waals surface area contributed by atoms with E-state index in [1.165, 1.54) is 0 Å². The lowest BCUT2D eigenvalue weighted by Gasteiger charge is -2.15. The maximum absolute atomic E-state index is 4.23. The molecular formula is C9H11BrN2. The SMILES string of the molecule is C=CCN(C)c1ccc(Br)cn1. The fourth-order valence-corrected chi connectivity index (χ4v) is 1.12. The first-order valence-corrected chi connectivity index (χ1v) is 4.47. The molecule has 0 unspecified atom stereocenters. The first-order valence-electron chi connectivity index (χ1n) is 3.67. The minimum atomic E-state index is 0.814. The number of hydrogen-bond acceptors (Lipinski definition) is 2. The minimum absolute atomic E-state index is 0.814. The fourth-order valence-electron chi connectivity index (χ4n) is 0.881. The van der Waals surface area contributed by atoms with Crippen molar-refractivity contribution in [2.45, 2.75) is 0 Å². The molecule has 3 heteroatoms. The molecule has 0 aromatic carbocycles. The molecule has 0 spiro atoms. The van der Waals surface area contributed by atoms with Crippen LogP contribution in [0.5, 0.6) is 0 Å². The summed E-state index contributed by atoms with van der Waals surface area (Å²) in [5, 5.41) is 0. The van der Waals surface area contributed by atoms with Crippen molar-refractivity contribution in [2.75, 3.05) is 18.5 Å². The maximum atomic E-state index is 4.23. The monoisotopic (exact) mass is 226 g/mol. The summed E-state index contributed by atoms with van der Waals surface area (Å²) in [6.07, 6.45) is 3.64. The lowest BCUT2D eigenvalue weighted by atomic mass is 10.4. The van der Waals surface area contributed by atoms with E-state index in [4.69, 9.17) is 0 Å². The van der Waals surface area contributed by atoms with Gasteiger partial charge in [0.1, 0.15) is 5.82 Å². The number of anilines is 1. The molecule has 1 aromatic heterocycles. The van der Waals surface area contributed by atoms with E-state index in [0.29, 0.717) is 0 Å². The zero-order valence-electron chi connectivity index (χ0n) is 7.00. The predicted octanol–water partition coefficient (Wildman–Crippen LogP) is 2.47. The molecule has 1 heterocycles. The molecule has 0 saturated heterocycles. The number of aromatic nitrogens is 1. The van der Waals surface area contributed by atoms with Crippen molar-refractivity contribution in [1.29, 1.82) is 0 Å². The van der Waals surface area contributed by atoms with E-state index in [-0.39, 0.29) is 0 Å². The van der Waals surface area contributed by atoms with Crippen molar-refractivity contribution >= 4 is 21.7 Å². The van der Waals surface area contributed by atoms with Crippen LogP contribution in [-0.4, -0.2) is 18.6 Å². The van der Waals surface area contributed by atoms with Crippen LogP contribution in [0.25, 0.3) is 0 Å². The van der Waals surface area contributed by atoms with E-state index in [0.717, 1.165) is 16.8 Å². The summed E-state index contributed by atoms with van der Waals surface area (Å²) >= 11 is 3.33. The number of nitrogens with zero attached hydrogens (tertiary/aromatic N) is 2. The number of likely N-dealkylation sites (N-methyl/N-ethyl adjacent to an activating group) is 1. The molecule has 2 nitrogen and oxygen atoms in total. The van der Waals surface area contributed by atoms with Gasteiger partial charge in [-0.15, -0.1) is 6.58 Å². The largest absolute Gasteiger partial charge is 0.356 e. The predicted molar refractivity (Wildman–Crippen MR) is 55.4 cm³/mol. The first kappa shape index (κ1) is 9.26. The van der Waals surface area contributed by atoms with Gasteiger partial charge in [0.25, 0.3) is 0 Å². The topological polar surface area (TPSA) is 16.1 Å². The van der Waals surface area contributed by atoms with Crippen LogP contribution in [0.15, 0.2) is 35.5 Å². The molecule has 0 fully saturated rings. The molecule has 1 rings (SSSR count). The Kier molecular flexibility index (Phi) is 3.29. The molecule has 12 heavy (non-hydrogen) atoms. The fraction of sp³-hybridized carbons (Fsp3) is 0.222. The van der Waals surface area contributed by atoms with Gasteiger partial charge in [-0.3, -0.25) is 0 Å². The number of hydrogen-bond donors (Lipinski definition) is 0. The van der Waals surface area contributed by atoms with E-state index >= 15 is 0 Å². The van der Waals surface area contributed by atoms with Gasteiger partial charge in [-0.25, -0.2) is 4.98 Å². The molecule has 0 amide bonds. The van der Waals surface area contributed by atoms with Crippen LogP contribution in [0.1, 0.15) is 0 Å². The van der Waals surface area contributed by atoms with Gasteiger partial charge >= 0.3 is 0 Å². The smallest absolute Gasteiger partial charge is 0.128 e. The average Bonchev–Trinajstić information content (AvgIpc) is 2.06. The molecule has 0 aliphatic rings. The summed E-state index contributed by atoms with van der Waals surface area (Å²) < 4.78 is 0.998. The molecule has 0 radical (unpaired) electrons. The minimum Gasteiger partial charge on any atom is -0.356 e. The molecule has 0 bridgehead atoms. The zero-order valence-corrected chi connectivity index (χ0v) is 8.58. The van der Waals surface area contributed by atoms with Gasteiger partial charge in [0, 0.05) is 24.3 Å². The van der Waals surface area contributed by atoms with Gasteiger partial charge in [0.2, 0.25) is 0 Å². The van der Waals surface area contributed by atoms with E-state index < -0.39 is 0 Å². The molecule has 0 saturated carbocycles. The quantitative estimate of drug-likeness (QED) is 0.737. The van der Waals surface area contributed by atoms with E-state index in [2.05, 4.69) is 27.5 Å². The standard InChI is InChI=1S/C9H11BrN2/c1-3-6-12(2)9-5-4-8(10)7-11-9/h3-5,7H,1,6H2,2H3. The lowest BCUT2D eigenvalue weighted by molar-refractivity contribution is 0.990. The van der Waals surface area contributed by atoms with Crippen LogP contribution < -0.4 is 4.90 Å². The third kappa shape index (κ3) is 2.34. The van der Waals surface area contributed by atoms with Crippen molar-refractivity contribution in [3.63, 3.8) is 0 Å². The Morgan fingerprint density at radius 1 is 1.67 bits per heavy atom. The Hall–Kier alpha value is -0.830. The Bertz CT molecular complexity index is 256. The second kappa shape index (κ2) is 4.26. The van der Waals surface area contributed by atoms with Crippen molar-refractivity contribution in [2.24, 2.45) is 0 Å². The Labute approximate surface area is 81.0 Å². The summed E-state index contributed by atoms with van der Waals surface area (Å²) in [7, 11) is 1.98. The summed E-state index contributed by atoms with van der Waals surface area (Å²) in [5.74, 6) is 0.957. The van der Waals surface area contributed by atoms with Crippen molar-refractivity contribution in [3.05, 3.63) is 35.5 Å². The maximum Gasteiger partial charge on any atom is 0.128 e. The lowest BCUT2D eigenvalue weighted by Crippen LogP contribution is -2.17. The summed E-state index contributed by atoms with van der Waals surface area (Å²) in [5.41, 5.74) is 0. The Balaban J connectivity index is 2.74. The van der Waals surface area contributed by atoms with Gasteiger partial charge in [0.05, 0.1) is 0 Å². The number of rotatable bonds is 3.